The van der Waals surface area contributed by atoms with E-state index in [0.717, 1.165) is 4.47 Å². The fraction of sp³-hybridized carbons (Fsp3) is 0.300. The molecule has 0 aliphatic rings. The van der Waals surface area contributed by atoms with Gasteiger partial charge in [-0.2, -0.15) is 0 Å². The first-order chi connectivity index (χ1) is 7.45. The van der Waals surface area contributed by atoms with Crippen molar-refractivity contribution >= 4 is 31.4 Å². The van der Waals surface area contributed by atoms with Crippen molar-refractivity contribution in [1.82, 2.24) is 9.38 Å². The van der Waals surface area contributed by atoms with Crippen molar-refractivity contribution in [3.63, 3.8) is 0 Å². The number of aromatic nitrogens is 2. The molecule has 16 heavy (non-hydrogen) atoms. The molecule has 0 saturated heterocycles. The van der Waals surface area contributed by atoms with Crippen molar-refractivity contribution in [2.75, 3.05) is 5.75 Å². The topological polar surface area (TPSA) is 51.4 Å². The van der Waals surface area contributed by atoms with Crippen LogP contribution in [0.15, 0.2) is 27.8 Å². The summed E-state index contributed by atoms with van der Waals surface area (Å²) < 4.78 is 26.3. The Labute approximate surface area is 102 Å². The minimum Gasteiger partial charge on any atom is -0.289 e. The molecule has 0 aliphatic carbocycles. The van der Waals surface area contributed by atoms with E-state index >= 15 is 0 Å². The van der Waals surface area contributed by atoms with Gasteiger partial charge in [0, 0.05) is 10.7 Å². The molecule has 0 radical (unpaired) electrons. The van der Waals surface area contributed by atoms with Crippen LogP contribution in [0.4, 0.5) is 0 Å². The van der Waals surface area contributed by atoms with Crippen molar-refractivity contribution in [2.24, 2.45) is 0 Å². The Kier molecular flexibility index (Phi) is 2.79. The number of halogens is 1. The zero-order chi connectivity index (χ0) is 11.9. The highest BCUT2D eigenvalue weighted by atomic mass is 79.9. The minimum absolute atomic E-state index is 0.0775. The maximum Gasteiger partial charge on any atom is 0.195 e. The lowest BCUT2D eigenvalue weighted by Crippen LogP contribution is -2.08. The third-order valence-corrected chi connectivity index (χ3v) is 4.69. The lowest BCUT2D eigenvalue weighted by atomic mass is 10.5. The molecule has 0 fully saturated rings. The number of nitrogens with zero attached hydrogens (tertiary/aromatic N) is 2. The van der Waals surface area contributed by atoms with E-state index in [1.54, 1.807) is 30.5 Å². The summed E-state index contributed by atoms with van der Waals surface area (Å²) in [5, 5.41) is 0.284. The number of pyridine rings is 1. The Bertz CT molecular complexity index is 646. The minimum atomic E-state index is -3.25. The van der Waals surface area contributed by atoms with Crippen LogP contribution < -0.4 is 0 Å². The number of rotatable bonds is 2. The third kappa shape index (κ3) is 1.76. The van der Waals surface area contributed by atoms with Gasteiger partial charge in [0.05, 0.1) is 11.4 Å². The van der Waals surface area contributed by atoms with Crippen LogP contribution in [-0.2, 0) is 9.84 Å². The molecule has 0 aliphatic heterocycles. The molecule has 0 aromatic carbocycles. The zero-order valence-electron chi connectivity index (χ0n) is 8.94. The van der Waals surface area contributed by atoms with Crippen LogP contribution in [0, 0.1) is 6.92 Å². The summed E-state index contributed by atoms with van der Waals surface area (Å²) in [4.78, 5) is 4.23. The second kappa shape index (κ2) is 3.85. The molecule has 0 saturated carbocycles. The molecular formula is C10H11BrN2O2S. The van der Waals surface area contributed by atoms with Gasteiger partial charge in [0.2, 0.25) is 0 Å². The molecule has 0 N–H and O–H groups in total. The Balaban J connectivity index is 2.88. The van der Waals surface area contributed by atoms with Crippen LogP contribution in [0.5, 0.6) is 0 Å². The molecule has 0 spiro atoms. The van der Waals surface area contributed by atoms with E-state index < -0.39 is 9.84 Å². The molecule has 0 unspecified atom stereocenters. The Morgan fingerprint density at radius 3 is 2.75 bits per heavy atom. The first kappa shape index (κ1) is 11.6. The number of sulfone groups is 1. The van der Waals surface area contributed by atoms with Crippen molar-refractivity contribution in [3.8, 4) is 0 Å². The van der Waals surface area contributed by atoms with E-state index in [0.29, 0.717) is 11.3 Å². The first-order valence-corrected chi connectivity index (χ1v) is 7.27. The van der Waals surface area contributed by atoms with Crippen LogP contribution in [0.3, 0.4) is 0 Å². The molecule has 6 heteroatoms. The number of imidazole rings is 1. The average molecular weight is 303 g/mol. The van der Waals surface area contributed by atoms with E-state index in [2.05, 4.69) is 20.9 Å². The highest BCUT2D eigenvalue weighted by Gasteiger charge is 2.21. The van der Waals surface area contributed by atoms with E-state index in [1.807, 2.05) is 6.07 Å². The van der Waals surface area contributed by atoms with Crippen LogP contribution in [0.1, 0.15) is 12.6 Å². The van der Waals surface area contributed by atoms with Crippen LogP contribution >= 0.6 is 15.9 Å². The summed E-state index contributed by atoms with van der Waals surface area (Å²) in [6.45, 7) is 3.34. The maximum absolute atomic E-state index is 11.9. The summed E-state index contributed by atoms with van der Waals surface area (Å²) in [5.41, 5.74) is 1.19. The number of hydrogen-bond donors (Lipinski definition) is 0. The van der Waals surface area contributed by atoms with Gasteiger partial charge in [0.25, 0.3) is 0 Å². The van der Waals surface area contributed by atoms with E-state index in [1.165, 1.54) is 0 Å². The first-order valence-electron chi connectivity index (χ1n) is 4.82. The van der Waals surface area contributed by atoms with Gasteiger partial charge in [-0.3, -0.25) is 4.40 Å². The van der Waals surface area contributed by atoms with Crippen LogP contribution in [-0.4, -0.2) is 23.6 Å². The summed E-state index contributed by atoms with van der Waals surface area (Å²) in [6, 6.07) is 3.62. The van der Waals surface area contributed by atoms with Crippen molar-refractivity contribution in [3.05, 3.63) is 28.5 Å². The van der Waals surface area contributed by atoms with Crippen molar-refractivity contribution in [2.45, 2.75) is 18.9 Å². The second-order valence-corrected chi connectivity index (χ2v) is 6.59. The van der Waals surface area contributed by atoms with Gasteiger partial charge < -0.3 is 0 Å². The number of fused-ring (bicyclic) bond motifs is 1. The number of hydrogen-bond acceptors (Lipinski definition) is 3. The van der Waals surface area contributed by atoms with E-state index in [-0.39, 0.29) is 10.8 Å². The lowest BCUT2D eigenvalue weighted by molar-refractivity contribution is 0.591. The van der Waals surface area contributed by atoms with Crippen molar-refractivity contribution in [1.29, 1.82) is 0 Å². The highest BCUT2D eigenvalue weighted by molar-refractivity contribution is 9.10. The van der Waals surface area contributed by atoms with Crippen molar-refractivity contribution < 1.29 is 8.42 Å². The highest BCUT2D eigenvalue weighted by Crippen LogP contribution is 2.21. The normalized spacial score (nSPS) is 12.2. The fourth-order valence-corrected chi connectivity index (χ4v) is 3.18. The van der Waals surface area contributed by atoms with Gasteiger partial charge in [0.1, 0.15) is 5.65 Å². The molecule has 2 heterocycles. The zero-order valence-corrected chi connectivity index (χ0v) is 11.3. The Morgan fingerprint density at radius 1 is 1.44 bits per heavy atom. The molecule has 0 amide bonds. The molecule has 4 nitrogen and oxygen atoms in total. The predicted molar refractivity (Wildman–Crippen MR) is 65.4 cm³/mol. The van der Waals surface area contributed by atoms with Gasteiger partial charge in [-0.1, -0.05) is 6.92 Å². The van der Waals surface area contributed by atoms with Crippen LogP contribution in [0.25, 0.3) is 5.65 Å². The molecule has 2 aromatic rings. The Hall–Kier alpha value is -0.880. The molecular weight excluding hydrogens is 292 g/mol. The van der Waals surface area contributed by atoms with E-state index in [9.17, 15) is 8.42 Å². The monoisotopic (exact) mass is 302 g/mol. The number of aryl methyl sites for hydroxylation is 1. The smallest absolute Gasteiger partial charge is 0.195 e. The summed E-state index contributed by atoms with van der Waals surface area (Å²) in [7, 11) is -3.25. The largest absolute Gasteiger partial charge is 0.289 e. The van der Waals surface area contributed by atoms with Gasteiger partial charge in [-0.15, -0.1) is 0 Å². The second-order valence-electron chi connectivity index (χ2n) is 3.48. The lowest BCUT2D eigenvalue weighted by Gasteiger charge is -2.02. The quantitative estimate of drug-likeness (QED) is 0.854. The summed E-state index contributed by atoms with van der Waals surface area (Å²) in [6.07, 6.45) is 1.72. The molecule has 2 rings (SSSR count). The fourth-order valence-electron chi connectivity index (χ4n) is 1.63. The van der Waals surface area contributed by atoms with Crippen LogP contribution in [0.2, 0.25) is 0 Å². The molecule has 0 atom stereocenters. The maximum atomic E-state index is 11.9. The summed E-state index contributed by atoms with van der Waals surface area (Å²) >= 11 is 3.32. The van der Waals surface area contributed by atoms with E-state index in [4.69, 9.17) is 0 Å². The van der Waals surface area contributed by atoms with Gasteiger partial charge >= 0.3 is 0 Å². The van der Waals surface area contributed by atoms with Gasteiger partial charge in [0.15, 0.2) is 14.9 Å². The molecule has 0 bridgehead atoms. The standard InChI is InChI=1S/C10H11BrN2O2S/c1-3-16(14,15)10-7(2)12-9-5-4-8(11)6-13(9)10/h4-6H,3H2,1-2H3. The molecule has 86 valence electrons. The average Bonchev–Trinajstić information content (AvgIpc) is 2.54. The van der Waals surface area contributed by atoms with Gasteiger partial charge in [-0.25, -0.2) is 13.4 Å². The predicted octanol–water partition coefficient (Wildman–Crippen LogP) is 2.20. The van der Waals surface area contributed by atoms with Gasteiger partial charge in [-0.05, 0) is 35.0 Å². The SMILES string of the molecule is CCS(=O)(=O)c1c(C)nc2ccc(Br)cn12. The Morgan fingerprint density at radius 2 is 2.12 bits per heavy atom. The molecule has 2 aromatic heterocycles. The summed E-state index contributed by atoms with van der Waals surface area (Å²) in [5.74, 6) is 0.0775. The third-order valence-electron chi connectivity index (χ3n) is 2.38.